The Morgan fingerprint density at radius 3 is 2.22 bits per heavy atom. The van der Waals surface area contributed by atoms with Gasteiger partial charge in [-0.05, 0) is 29.7 Å². The third kappa shape index (κ3) is 4.58. The van der Waals surface area contributed by atoms with E-state index in [4.69, 9.17) is 4.74 Å². The molecular formula is C29H30BrN3O4. The Labute approximate surface area is 226 Å². The lowest BCUT2D eigenvalue weighted by Crippen LogP contribution is -3.00. The number of aliphatic hydroxyl groups is 1. The highest BCUT2D eigenvalue weighted by atomic mass is 79.9. The van der Waals surface area contributed by atoms with Gasteiger partial charge in [-0.25, -0.2) is 9.78 Å². The smallest absolute Gasteiger partial charge is 0.348 e. The van der Waals surface area contributed by atoms with Crippen LogP contribution in [-0.2, 0) is 26.3 Å². The molecule has 37 heavy (non-hydrogen) atoms. The van der Waals surface area contributed by atoms with Gasteiger partial charge < -0.3 is 36.6 Å². The van der Waals surface area contributed by atoms with Crippen molar-refractivity contribution in [1.82, 2.24) is 4.98 Å². The van der Waals surface area contributed by atoms with E-state index in [9.17, 15) is 14.7 Å². The maximum atomic E-state index is 13.8. The number of anilines is 1. The van der Waals surface area contributed by atoms with Crippen LogP contribution in [0.2, 0.25) is 0 Å². The van der Waals surface area contributed by atoms with Crippen LogP contribution in [0.25, 0.3) is 0 Å². The number of rotatable bonds is 5. The molecule has 0 saturated carbocycles. The van der Waals surface area contributed by atoms with Crippen LogP contribution in [0.4, 0.5) is 5.82 Å². The molecule has 1 aliphatic carbocycles. The van der Waals surface area contributed by atoms with Crippen molar-refractivity contribution in [2.75, 3.05) is 31.5 Å². The fourth-order valence-corrected chi connectivity index (χ4v) is 6.35. The summed E-state index contributed by atoms with van der Waals surface area (Å²) in [7, 11) is 0. The summed E-state index contributed by atoms with van der Waals surface area (Å²) in [5, 5.41) is 14.9. The highest BCUT2D eigenvalue weighted by molar-refractivity contribution is 5.90. The van der Waals surface area contributed by atoms with Gasteiger partial charge in [0.15, 0.2) is 12.6 Å². The summed E-state index contributed by atoms with van der Waals surface area (Å²) >= 11 is 0. The molecule has 3 aromatic rings. The third-order valence-corrected chi connectivity index (χ3v) is 8.20. The number of benzene rings is 2. The quantitative estimate of drug-likeness (QED) is 0.337. The monoisotopic (exact) mass is 563 g/mol. The summed E-state index contributed by atoms with van der Waals surface area (Å²) in [5.74, 6) is 0.0581. The molecule has 2 N–H and O–H groups in total. The molecule has 4 aliphatic rings. The molecule has 4 heterocycles. The van der Waals surface area contributed by atoms with E-state index in [1.54, 1.807) is 12.3 Å². The molecule has 192 valence electrons. The van der Waals surface area contributed by atoms with Gasteiger partial charge in [-0.3, -0.25) is 4.79 Å². The average molecular weight is 564 g/mol. The number of esters is 1. The first-order valence-corrected chi connectivity index (χ1v) is 12.6. The Balaban J connectivity index is 0.00000280. The lowest BCUT2D eigenvalue weighted by Gasteiger charge is -2.51. The van der Waals surface area contributed by atoms with Gasteiger partial charge in [0, 0.05) is 36.1 Å². The van der Waals surface area contributed by atoms with Crippen molar-refractivity contribution in [1.29, 1.82) is 0 Å². The Morgan fingerprint density at radius 1 is 0.973 bits per heavy atom. The van der Waals surface area contributed by atoms with Gasteiger partial charge in [-0.2, -0.15) is 0 Å². The zero-order chi connectivity index (χ0) is 24.8. The van der Waals surface area contributed by atoms with Gasteiger partial charge in [0.25, 0.3) is 5.91 Å². The van der Waals surface area contributed by atoms with Gasteiger partial charge in [0.05, 0.1) is 13.1 Å². The van der Waals surface area contributed by atoms with E-state index in [-0.39, 0.29) is 34.9 Å². The fourth-order valence-electron chi connectivity index (χ4n) is 6.35. The second-order valence-corrected chi connectivity index (χ2v) is 10.4. The highest BCUT2D eigenvalue weighted by Crippen LogP contribution is 2.42. The molecule has 2 bridgehead atoms. The minimum atomic E-state index is -1.85. The summed E-state index contributed by atoms with van der Waals surface area (Å²) in [6.07, 6.45) is 3.75. The number of carbonyl (C=O) groups is 2. The van der Waals surface area contributed by atoms with E-state index in [0.29, 0.717) is 40.9 Å². The van der Waals surface area contributed by atoms with Crippen molar-refractivity contribution in [2.24, 2.45) is 5.92 Å². The number of amides is 1. The summed E-state index contributed by atoms with van der Waals surface area (Å²) < 4.78 is 6.74. The molecule has 0 spiro atoms. The molecule has 3 aliphatic heterocycles. The van der Waals surface area contributed by atoms with Crippen molar-refractivity contribution in [3.63, 3.8) is 0 Å². The van der Waals surface area contributed by atoms with E-state index in [1.165, 1.54) is 0 Å². The van der Waals surface area contributed by atoms with Crippen molar-refractivity contribution in [2.45, 2.75) is 31.0 Å². The second kappa shape index (κ2) is 10.0. The van der Waals surface area contributed by atoms with E-state index >= 15 is 0 Å². The van der Waals surface area contributed by atoms with E-state index < -0.39 is 11.6 Å². The molecule has 2 aromatic carbocycles. The first kappa shape index (κ1) is 25.6. The Hall–Kier alpha value is -3.07. The number of quaternary nitrogens is 1. The largest absolute Gasteiger partial charge is 1.00 e. The lowest BCUT2D eigenvalue weighted by molar-refractivity contribution is -0.939. The SMILES string of the molecule is O=C(C[N+]12CCC(CC1)C(OC(=O)C1(O)c3ccccc3Cc3ccccc31)C2)Nc1ccccn1.[Br-]. The summed E-state index contributed by atoms with van der Waals surface area (Å²) in [5.41, 5.74) is 1.19. The van der Waals surface area contributed by atoms with Gasteiger partial charge in [0.1, 0.15) is 12.4 Å². The van der Waals surface area contributed by atoms with Gasteiger partial charge in [-0.1, -0.05) is 54.6 Å². The van der Waals surface area contributed by atoms with Crippen LogP contribution < -0.4 is 22.3 Å². The van der Waals surface area contributed by atoms with Crippen molar-refractivity contribution < 1.29 is 40.9 Å². The maximum absolute atomic E-state index is 13.8. The Kier molecular flexibility index (Phi) is 6.91. The number of pyridine rings is 1. The number of hydrogen-bond acceptors (Lipinski definition) is 5. The summed E-state index contributed by atoms with van der Waals surface area (Å²) in [6.45, 7) is 2.65. The van der Waals surface area contributed by atoms with Crippen molar-refractivity contribution in [3.8, 4) is 0 Å². The number of carbonyl (C=O) groups excluding carboxylic acids is 2. The van der Waals surface area contributed by atoms with Crippen LogP contribution in [-0.4, -0.2) is 58.7 Å². The van der Waals surface area contributed by atoms with Crippen LogP contribution in [0, 0.1) is 5.92 Å². The van der Waals surface area contributed by atoms with Crippen molar-refractivity contribution in [3.05, 3.63) is 95.2 Å². The lowest BCUT2D eigenvalue weighted by atomic mass is 9.74. The number of fused-ring (bicyclic) bond motifs is 5. The topological polar surface area (TPSA) is 88.5 Å². The second-order valence-electron chi connectivity index (χ2n) is 10.4. The number of piperidine rings is 3. The number of hydrogen-bond donors (Lipinski definition) is 2. The molecule has 1 atom stereocenters. The number of ether oxygens (including phenoxy) is 1. The normalized spacial score (nSPS) is 24.7. The number of nitrogens with one attached hydrogen (secondary N) is 1. The predicted molar refractivity (Wildman–Crippen MR) is 134 cm³/mol. The average Bonchev–Trinajstić information content (AvgIpc) is 2.90. The predicted octanol–water partition coefficient (Wildman–Crippen LogP) is 0.0166. The minimum Gasteiger partial charge on any atom is -1.00 e. The maximum Gasteiger partial charge on any atom is 0.348 e. The summed E-state index contributed by atoms with van der Waals surface area (Å²) in [6, 6.07) is 20.5. The standard InChI is InChI=1S/C29H29N3O4.BrH/c33-27(31-26-11-5-6-14-30-26)19-32-15-12-20(13-16-32)25(18-32)36-28(34)29(35)23-9-3-1-7-21(23)17-22-8-2-4-10-24(22)29;/h1-11,14,20,25,35H,12-13,15-19H2;1H. The van der Waals surface area contributed by atoms with Gasteiger partial charge >= 0.3 is 5.97 Å². The third-order valence-electron chi connectivity index (χ3n) is 8.20. The zero-order valence-corrected chi connectivity index (χ0v) is 22.1. The van der Waals surface area contributed by atoms with E-state index in [1.807, 2.05) is 60.7 Å². The first-order chi connectivity index (χ1) is 17.5. The number of halogens is 1. The van der Waals surface area contributed by atoms with Crippen LogP contribution in [0.1, 0.15) is 35.1 Å². The van der Waals surface area contributed by atoms with E-state index in [0.717, 1.165) is 37.1 Å². The Morgan fingerprint density at radius 2 is 1.59 bits per heavy atom. The minimum absolute atomic E-state index is 0. The van der Waals surface area contributed by atoms with Crippen molar-refractivity contribution >= 4 is 17.7 Å². The van der Waals surface area contributed by atoms with Gasteiger partial charge in [0.2, 0.25) is 5.60 Å². The summed E-state index contributed by atoms with van der Waals surface area (Å²) in [4.78, 5) is 30.8. The molecule has 8 heteroatoms. The van der Waals surface area contributed by atoms with Crippen LogP contribution >= 0.6 is 0 Å². The first-order valence-electron chi connectivity index (χ1n) is 12.6. The van der Waals surface area contributed by atoms with E-state index in [2.05, 4.69) is 10.3 Å². The van der Waals surface area contributed by atoms with Gasteiger partial charge in [-0.15, -0.1) is 0 Å². The van der Waals surface area contributed by atoms with Crippen LogP contribution in [0.5, 0.6) is 0 Å². The van der Waals surface area contributed by atoms with Crippen LogP contribution in [0.3, 0.4) is 0 Å². The van der Waals surface area contributed by atoms with Crippen LogP contribution in [0.15, 0.2) is 72.9 Å². The highest BCUT2D eigenvalue weighted by Gasteiger charge is 2.52. The molecule has 1 amide bonds. The molecule has 1 aromatic heterocycles. The Bertz CT molecular complexity index is 1260. The molecule has 3 saturated heterocycles. The zero-order valence-electron chi connectivity index (χ0n) is 20.5. The molecular weight excluding hydrogens is 534 g/mol. The molecule has 3 fully saturated rings. The molecule has 7 nitrogen and oxygen atoms in total. The molecule has 0 radical (unpaired) electrons. The number of nitrogens with zero attached hydrogens (tertiary/aromatic N) is 2. The molecule has 1 unspecified atom stereocenters. The number of aromatic nitrogens is 1. The molecule has 7 rings (SSSR count). The fraction of sp³-hybridized carbons (Fsp3) is 0.345.